The van der Waals surface area contributed by atoms with Gasteiger partial charge in [-0.25, -0.2) is 9.18 Å². The van der Waals surface area contributed by atoms with Gasteiger partial charge < -0.3 is 14.8 Å². The van der Waals surface area contributed by atoms with Crippen molar-refractivity contribution in [3.05, 3.63) is 91.1 Å². The molecular weight excluding hydrogens is 575 g/mol. The Bertz CT molecular complexity index is 1430. The van der Waals surface area contributed by atoms with Gasteiger partial charge in [0.1, 0.15) is 23.2 Å². The maximum Gasteiger partial charge on any atom is 0.328 e. The molecule has 0 saturated carbocycles. The number of carbonyl (C=O) groups excluding carboxylic acids is 2. The molecule has 198 valence electrons. The summed E-state index contributed by atoms with van der Waals surface area (Å²) in [6.45, 7) is 3.75. The van der Waals surface area contributed by atoms with Crippen molar-refractivity contribution in [2.24, 2.45) is 0 Å². The topological polar surface area (TPSA) is 64.6 Å². The molecule has 0 saturated heterocycles. The lowest BCUT2D eigenvalue weighted by molar-refractivity contribution is -0.142. The molecule has 0 fully saturated rings. The molecule has 1 amide bonds. The zero-order valence-corrected chi connectivity index (χ0v) is 23.5. The van der Waals surface area contributed by atoms with Crippen LogP contribution < -0.4 is 10.1 Å². The Morgan fingerprint density at radius 1 is 1.03 bits per heavy atom. The molecule has 10 heteroatoms. The number of hydrogen-bond donors (Lipinski definition) is 1. The van der Waals surface area contributed by atoms with Crippen molar-refractivity contribution in [2.75, 3.05) is 7.11 Å². The van der Waals surface area contributed by atoms with E-state index in [0.29, 0.717) is 28.0 Å². The summed E-state index contributed by atoms with van der Waals surface area (Å²) in [5.74, 6) is -1.40. The Morgan fingerprint density at radius 3 is 2.26 bits per heavy atom. The zero-order valence-electron chi connectivity index (χ0n) is 20.5. The van der Waals surface area contributed by atoms with Gasteiger partial charge in [-0.3, -0.25) is 4.79 Å². The predicted molar refractivity (Wildman–Crippen MR) is 149 cm³/mol. The largest absolute Gasteiger partial charge is 0.482 e. The van der Waals surface area contributed by atoms with E-state index < -0.39 is 29.3 Å². The Kier molecular flexibility index (Phi) is 8.29. The summed E-state index contributed by atoms with van der Waals surface area (Å²) in [6.07, 6.45) is 3.79. The molecule has 0 bridgehead atoms. The van der Waals surface area contributed by atoms with Crippen LogP contribution in [0.1, 0.15) is 35.3 Å². The average Bonchev–Trinajstić information content (AvgIpc) is 2.82. The molecule has 1 aliphatic rings. The Hall–Kier alpha value is -2.77. The number of carbonyl (C=O) groups is 2. The number of amides is 1. The first-order valence-corrected chi connectivity index (χ1v) is 12.9. The molecule has 4 rings (SSSR count). The molecule has 1 atom stereocenters. The van der Waals surface area contributed by atoms with Gasteiger partial charge in [-0.1, -0.05) is 70.7 Å². The van der Waals surface area contributed by atoms with Crippen molar-refractivity contribution < 1.29 is 23.5 Å². The lowest BCUT2D eigenvalue weighted by Crippen LogP contribution is -2.43. The number of benzene rings is 3. The molecule has 5 nitrogen and oxygen atoms in total. The van der Waals surface area contributed by atoms with Crippen LogP contribution in [0.4, 0.5) is 4.39 Å². The van der Waals surface area contributed by atoms with E-state index >= 15 is 0 Å². The van der Waals surface area contributed by atoms with Crippen LogP contribution in [0.25, 0.3) is 17.2 Å². The average molecular weight is 597 g/mol. The molecule has 1 heterocycles. The summed E-state index contributed by atoms with van der Waals surface area (Å²) in [5.41, 5.74) is 1.67. The molecule has 0 unspecified atom stereocenters. The van der Waals surface area contributed by atoms with E-state index in [1.165, 1.54) is 31.4 Å². The highest BCUT2D eigenvalue weighted by molar-refractivity contribution is 6.40. The van der Waals surface area contributed by atoms with E-state index in [-0.39, 0.29) is 32.1 Å². The highest BCUT2D eigenvalue weighted by atomic mass is 35.5. The van der Waals surface area contributed by atoms with Gasteiger partial charge >= 0.3 is 5.97 Å². The number of halogens is 5. The minimum absolute atomic E-state index is 0.0488. The molecule has 0 aliphatic carbocycles. The molecule has 0 spiro atoms. The molecule has 1 aliphatic heterocycles. The molecular formula is C28H22Cl4FNO4. The summed E-state index contributed by atoms with van der Waals surface area (Å²) in [4.78, 5) is 25.7. The summed E-state index contributed by atoms with van der Waals surface area (Å²) in [6, 6.07) is 9.44. The van der Waals surface area contributed by atoms with Crippen LogP contribution in [0.15, 0.2) is 48.5 Å². The van der Waals surface area contributed by atoms with Crippen LogP contribution in [-0.2, 0) is 16.0 Å². The Labute approximate surface area is 239 Å². The predicted octanol–water partition coefficient (Wildman–Crippen LogP) is 7.80. The normalized spacial score (nSPS) is 14.3. The molecule has 38 heavy (non-hydrogen) atoms. The van der Waals surface area contributed by atoms with Gasteiger partial charge in [0.15, 0.2) is 0 Å². The van der Waals surface area contributed by atoms with E-state index in [0.717, 1.165) is 0 Å². The van der Waals surface area contributed by atoms with Crippen molar-refractivity contribution in [1.29, 1.82) is 0 Å². The molecule has 3 aromatic rings. The van der Waals surface area contributed by atoms with Crippen LogP contribution >= 0.6 is 46.4 Å². The third kappa shape index (κ3) is 5.79. The fourth-order valence-electron chi connectivity index (χ4n) is 4.19. The molecule has 1 N–H and O–H groups in total. The number of fused-ring (bicyclic) bond motifs is 1. The number of nitrogens with one attached hydrogen (secondary N) is 1. The minimum atomic E-state index is -1.07. The van der Waals surface area contributed by atoms with E-state index in [1.54, 1.807) is 18.2 Å². The van der Waals surface area contributed by atoms with Crippen LogP contribution in [0.2, 0.25) is 20.1 Å². The van der Waals surface area contributed by atoms with Gasteiger partial charge in [-0.15, -0.1) is 0 Å². The van der Waals surface area contributed by atoms with E-state index in [4.69, 9.17) is 55.9 Å². The van der Waals surface area contributed by atoms with E-state index in [1.807, 2.05) is 26.0 Å². The summed E-state index contributed by atoms with van der Waals surface area (Å²) in [7, 11) is 1.23. The van der Waals surface area contributed by atoms with Crippen LogP contribution in [0, 0.1) is 5.82 Å². The van der Waals surface area contributed by atoms with E-state index in [2.05, 4.69) is 5.32 Å². The molecule has 0 aromatic heterocycles. The van der Waals surface area contributed by atoms with Gasteiger partial charge in [-0.2, -0.15) is 0 Å². The fourth-order valence-corrected chi connectivity index (χ4v) is 5.42. The Morgan fingerprint density at radius 2 is 1.66 bits per heavy atom. The summed E-state index contributed by atoms with van der Waals surface area (Å²) in [5, 5.41) is 3.21. The molecule has 0 radical (unpaired) electrons. The highest BCUT2D eigenvalue weighted by Gasteiger charge is 2.31. The smallest absolute Gasteiger partial charge is 0.328 e. The monoisotopic (exact) mass is 595 g/mol. The van der Waals surface area contributed by atoms with Gasteiger partial charge in [0.05, 0.1) is 32.8 Å². The number of rotatable bonds is 6. The van der Waals surface area contributed by atoms with Crippen LogP contribution in [-0.4, -0.2) is 30.6 Å². The van der Waals surface area contributed by atoms with Crippen molar-refractivity contribution in [1.82, 2.24) is 5.32 Å². The van der Waals surface area contributed by atoms with Gasteiger partial charge in [-0.05, 0) is 49.8 Å². The van der Waals surface area contributed by atoms with E-state index in [9.17, 15) is 14.0 Å². The zero-order chi connectivity index (χ0) is 27.8. The van der Waals surface area contributed by atoms with Crippen molar-refractivity contribution in [3.8, 4) is 16.9 Å². The maximum atomic E-state index is 13.9. The quantitative estimate of drug-likeness (QED) is 0.295. The van der Waals surface area contributed by atoms with Crippen molar-refractivity contribution in [2.45, 2.75) is 31.9 Å². The second-order valence-corrected chi connectivity index (χ2v) is 10.8. The number of esters is 1. The lowest BCUT2D eigenvalue weighted by atomic mass is 9.90. The number of ether oxygens (including phenoxy) is 2. The SMILES string of the molecule is COC(=O)[C@H](Cc1ccc(-c2c(Cl)cc(F)cc2Cl)c2c1C=CC(C)(C)O2)NC(=O)c1c(Cl)cccc1Cl. The number of methoxy groups -OCH3 is 1. The lowest BCUT2D eigenvalue weighted by Gasteiger charge is -2.31. The third-order valence-corrected chi connectivity index (χ3v) is 7.21. The summed E-state index contributed by atoms with van der Waals surface area (Å²) < 4.78 is 25.1. The number of hydrogen-bond acceptors (Lipinski definition) is 4. The van der Waals surface area contributed by atoms with Gasteiger partial charge in [0, 0.05) is 23.1 Å². The minimum Gasteiger partial charge on any atom is -0.482 e. The van der Waals surface area contributed by atoms with Crippen molar-refractivity contribution >= 4 is 64.4 Å². The second kappa shape index (κ2) is 11.1. The van der Waals surface area contributed by atoms with Crippen LogP contribution in [0.3, 0.4) is 0 Å². The fraction of sp³-hybridized carbons (Fsp3) is 0.214. The first kappa shape index (κ1) is 28.2. The van der Waals surface area contributed by atoms with Gasteiger partial charge in [0.2, 0.25) is 0 Å². The maximum absolute atomic E-state index is 13.9. The molecule has 3 aromatic carbocycles. The summed E-state index contributed by atoms with van der Waals surface area (Å²) >= 11 is 25.1. The second-order valence-electron chi connectivity index (χ2n) is 9.15. The third-order valence-electron chi connectivity index (χ3n) is 5.98. The highest BCUT2D eigenvalue weighted by Crippen LogP contribution is 2.46. The first-order valence-electron chi connectivity index (χ1n) is 11.4. The standard InChI is InChI=1S/C28H22Cl4FNO4/c1-28(2)10-9-16-14(7-8-17(25(16)38-28)23-20(31)12-15(33)13-21(23)32)11-22(27(36)37-3)34-26(35)24-18(29)5-4-6-19(24)30/h4-10,12-13,22H,11H2,1-3H3,(H,34,35)/t22-/m0/s1. The first-order chi connectivity index (χ1) is 17.9. The van der Waals surface area contributed by atoms with Crippen LogP contribution in [0.5, 0.6) is 5.75 Å². The van der Waals surface area contributed by atoms with Crippen molar-refractivity contribution in [3.63, 3.8) is 0 Å². The van der Waals surface area contributed by atoms with Gasteiger partial charge in [0.25, 0.3) is 5.91 Å². The Balaban J connectivity index is 1.77.